The van der Waals surface area contributed by atoms with Gasteiger partial charge in [0.15, 0.2) is 5.78 Å². The minimum Gasteiger partial charge on any atom is -0.373 e. The van der Waals surface area contributed by atoms with Crippen molar-refractivity contribution in [1.82, 2.24) is 0 Å². The summed E-state index contributed by atoms with van der Waals surface area (Å²) < 4.78 is 76.9. The predicted molar refractivity (Wildman–Crippen MR) is 59.6 cm³/mol. The van der Waals surface area contributed by atoms with Gasteiger partial charge >= 0.3 is 12.4 Å². The summed E-state index contributed by atoms with van der Waals surface area (Å²) >= 11 is 0. The molecule has 0 fully saturated rings. The van der Waals surface area contributed by atoms with Crippen LogP contribution in [0, 0.1) is 5.92 Å². The molecule has 2 nitrogen and oxygen atoms in total. The molecule has 1 aliphatic carbocycles. The van der Waals surface area contributed by atoms with Crippen molar-refractivity contribution in [3.63, 3.8) is 0 Å². The van der Waals surface area contributed by atoms with Crippen molar-refractivity contribution in [2.75, 3.05) is 0 Å². The van der Waals surface area contributed by atoms with Crippen LogP contribution in [0.1, 0.15) is 22.3 Å². The SMILES string of the molecule is O=C1c2ccccc2CC[C@@H]1C(O)(C(F)(F)F)C(F)(F)F. The minimum absolute atomic E-state index is 0.138. The Kier molecular flexibility index (Phi) is 3.56. The summed E-state index contributed by atoms with van der Waals surface area (Å²) in [4.78, 5) is 12.0. The molecular formula is C13H10F6O2. The van der Waals surface area contributed by atoms with Crippen LogP contribution in [-0.2, 0) is 6.42 Å². The number of alkyl halides is 6. The second kappa shape index (κ2) is 4.72. The van der Waals surface area contributed by atoms with Gasteiger partial charge in [-0.3, -0.25) is 4.79 Å². The fourth-order valence-corrected chi connectivity index (χ4v) is 2.55. The predicted octanol–water partition coefficient (Wildman–Crippen LogP) is 3.29. The van der Waals surface area contributed by atoms with Crippen LogP contribution >= 0.6 is 0 Å². The molecule has 2 rings (SSSR count). The van der Waals surface area contributed by atoms with E-state index in [0.717, 1.165) is 6.07 Å². The van der Waals surface area contributed by atoms with Gasteiger partial charge in [0.2, 0.25) is 0 Å². The Morgan fingerprint density at radius 2 is 1.52 bits per heavy atom. The number of ketones is 1. The Hall–Kier alpha value is -1.57. The lowest BCUT2D eigenvalue weighted by Gasteiger charge is -2.39. The Morgan fingerprint density at radius 3 is 2.05 bits per heavy atom. The van der Waals surface area contributed by atoms with Gasteiger partial charge in [-0.15, -0.1) is 0 Å². The number of aryl methyl sites for hydroxylation is 1. The van der Waals surface area contributed by atoms with Gasteiger partial charge in [-0.2, -0.15) is 26.3 Å². The highest BCUT2D eigenvalue weighted by Gasteiger charge is 2.75. The maximum atomic E-state index is 12.8. The van der Waals surface area contributed by atoms with E-state index in [1.165, 1.54) is 18.2 Å². The van der Waals surface area contributed by atoms with Crippen LogP contribution < -0.4 is 0 Å². The van der Waals surface area contributed by atoms with Gasteiger partial charge in [0.05, 0.1) is 5.92 Å². The fourth-order valence-electron chi connectivity index (χ4n) is 2.55. The second-order valence-corrected chi connectivity index (χ2v) is 4.87. The molecule has 21 heavy (non-hydrogen) atoms. The van der Waals surface area contributed by atoms with Crippen LogP contribution in [0.3, 0.4) is 0 Å². The monoisotopic (exact) mass is 312 g/mol. The maximum Gasteiger partial charge on any atom is 0.427 e. The average molecular weight is 312 g/mol. The first-order valence-corrected chi connectivity index (χ1v) is 5.98. The van der Waals surface area contributed by atoms with Crippen LogP contribution in [0.2, 0.25) is 0 Å². The first-order valence-electron chi connectivity index (χ1n) is 5.98. The summed E-state index contributed by atoms with van der Waals surface area (Å²) in [5.41, 5.74) is -4.86. The van der Waals surface area contributed by atoms with E-state index in [-0.39, 0.29) is 12.0 Å². The number of aliphatic hydroxyl groups is 1. The van der Waals surface area contributed by atoms with E-state index >= 15 is 0 Å². The standard InChI is InChI=1S/C13H10F6O2/c14-12(15,16)11(21,13(17,18)19)9-6-5-7-3-1-2-4-8(7)10(9)20/h1-4,9,21H,5-6H2/t9-/m0/s1. The molecule has 1 N–H and O–H groups in total. The van der Waals surface area contributed by atoms with Gasteiger partial charge in [0.1, 0.15) is 0 Å². The second-order valence-electron chi connectivity index (χ2n) is 4.87. The molecule has 0 bridgehead atoms. The Bertz CT molecular complexity index is 547. The van der Waals surface area contributed by atoms with Crippen LogP contribution in [-0.4, -0.2) is 28.8 Å². The molecule has 0 aromatic heterocycles. The summed E-state index contributed by atoms with van der Waals surface area (Å²) in [6, 6.07) is 5.51. The van der Waals surface area contributed by atoms with Gasteiger partial charge < -0.3 is 5.11 Å². The lowest BCUT2D eigenvalue weighted by Crippen LogP contribution is -2.64. The minimum atomic E-state index is -5.99. The molecule has 0 heterocycles. The summed E-state index contributed by atoms with van der Waals surface area (Å²) in [5.74, 6) is -3.93. The maximum absolute atomic E-state index is 12.8. The molecule has 116 valence electrons. The van der Waals surface area contributed by atoms with Crippen molar-refractivity contribution in [1.29, 1.82) is 0 Å². The highest BCUT2D eigenvalue weighted by atomic mass is 19.4. The number of fused-ring (bicyclic) bond motifs is 1. The Balaban J connectivity index is 2.53. The largest absolute Gasteiger partial charge is 0.427 e. The molecule has 1 aliphatic rings. The summed E-state index contributed by atoms with van der Waals surface area (Å²) in [6.45, 7) is 0. The van der Waals surface area contributed by atoms with Crippen molar-refractivity contribution >= 4 is 5.78 Å². The van der Waals surface area contributed by atoms with Crippen LogP contribution in [0.15, 0.2) is 24.3 Å². The van der Waals surface area contributed by atoms with E-state index in [9.17, 15) is 36.2 Å². The molecular weight excluding hydrogens is 302 g/mol. The van der Waals surface area contributed by atoms with Gasteiger partial charge in [-0.25, -0.2) is 0 Å². The van der Waals surface area contributed by atoms with Crippen molar-refractivity contribution < 1.29 is 36.2 Å². The van der Waals surface area contributed by atoms with Crippen LogP contribution in [0.4, 0.5) is 26.3 Å². The van der Waals surface area contributed by atoms with Crippen molar-refractivity contribution in [3.05, 3.63) is 35.4 Å². The molecule has 0 amide bonds. The number of hydrogen-bond donors (Lipinski definition) is 1. The highest BCUT2D eigenvalue weighted by Crippen LogP contribution is 2.50. The molecule has 8 heteroatoms. The lowest BCUT2D eigenvalue weighted by atomic mass is 9.72. The third-order valence-corrected chi connectivity index (χ3v) is 3.67. The fraction of sp³-hybridized carbons (Fsp3) is 0.462. The van der Waals surface area contributed by atoms with E-state index in [0.29, 0.717) is 5.56 Å². The normalized spacial score (nSPS) is 20.3. The summed E-state index contributed by atoms with van der Waals surface area (Å²) in [6.07, 6.45) is -12.8. The molecule has 1 atom stereocenters. The zero-order valence-corrected chi connectivity index (χ0v) is 10.4. The van der Waals surface area contributed by atoms with Crippen molar-refractivity contribution in [2.24, 2.45) is 5.92 Å². The zero-order valence-electron chi connectivity index (χ0n) is 10.4. The number of carbonyl (C=O) groups excluding carboxylic acids is 1. The van der Waals surface area contributed by atoms with E-state index in [2.05, 4.69) is 0 Å². The van der Waals surface area contributed by atoms with Gasteiger partial charge in [-0.05, 0) is 18.4 Å². The van der Waals surface area contributed by atoms with Gasteiger partial charge in [-0.1, -0.05) is 24.3 Å². The number of rotatable bonds is 1. The zero-order chi connectivity index (χ0) is 16.1. The first kappa shape index (κ1) is 15.8. The van der Waals surface area contributed by atoms with Crippen LogP contribution in [0.25, 0.3) is 0 Å². The number of hydrogen-bond acceptors (Lipinski definition) is 2. The van der Waals surface area contributed by atoms with E-state index in [1.807, 2.05) is 0 Å². The number of benzene rings is 1. The quantitative estimate of drug-likeness (QED) is 0.808. The van der Waals surface area contributed by atoms with E-state index in [4.69, 9.17) is 0 Å². The summed E-state index contributed by atoms with van der Waals surface area (Å²) in [7, 11) is 0. The summed E-state index contributed by atoms with van der Waals surface area (Å²) in [5, 5.41) is 9.33. The molecule has 1 aromatic carbocycles. The molecule has 0 saturated carbocycles. The molecule has 1 aromatic rings. The Labute approximate surface area is 115 Å². The molecule has 0 spiro atoms. The van der Waals surface area contributed by atoms with Crippen molar-refractivity contribution in [2.45, 2.75) is 30.8 Å². The highest BCUT2D eigenvalue weighted by molar-refractivity contribution is 6.01. The lowest BCUT2D eigenvalue weighted by molar-refractivity contribution is -0.379. The number of Topliss-reactive ketones (excluding diaryl/α,β-unsaturated/α-hetero) is 1. The topological polar surface area (TPSA) is 37.3 Å². The van der Waals surface area contributed by atoms with E-state index < -0.39 is 36.1 Å². The third-order valence-electron chi connectivity index (χ3n) is 3.67. The average Bonchev–Trinajstić information content (AvgIpc) is 2.36. The Morgan fingerprint density at radius 1 is 1.00 bits per heavy atom. The third kappa shape index (κ3) is 2.31. The van der Waals surface area contributed by atoms with Gasteiger partial charge in [0, 0.05) is 5.56 Å². The molecule has 0 unspecified atom stereocenters. The van der Waals surface area contributed by atoms with Crippen LogP contribution in [0.5, 0.6) is 0 Å². The molecule has 0 radical (unpaired) electrons. The van der Waals surface area contributed by atoms with E-state index in [1.54, 1.807) is 0 Å². The molecule has 0 aliphatic heterocycles. The number of halogens is 6. The van der Waals surface area contributed by atoms with Crippen molar-refractivity contribution in [3.8, 4) is 0 Å². The van der Waals surface area contributed by atoms with Gasteiger partial charge in [0.25, 0.3) is 5.60 Å². The smallest absolute Gasteiger partial charge is 0.373 e. The first-order chi connectivity index (χ1) is 9.50. The molecule has 0 saturated heterocycles. The number of carbonyl (C=O) groups is 1.